The van der Waals surface area contributed by atoms with Crippen LogP contribution in [0.25, 0.3) is 16.6 Å². The summed E-state index contributed by atoms with van der Waals surface area (Å²) >= 11 is 0. The van der Waals surface area contributed by atoms with Crippen molar-refractivity contribution < 1.29 is 15.0 Å². The molecule has 0 aliphatic heterocycles. The lowest BCUT2D eigenvalue weighted by Crippen LogP contribution is -2.21. The third-order valence-electron chi connectivity index (χ3n) is 6.54. The second-order valence-electron chi connectivity index (χ2n) is 9.38. The summed E-state index contributed by atoms with van der Waals surface area (Å²) in [6.07, 6.45) is 10.8. The number of aliphatic hydroxyl groups is 2. The van der Waals surface area contributed by atoms with E-state index in [1.165, 1.54) is 6.20 Å². The summed E-state index contributed by atoms with van der Waals surface area (Å²) in [4.78, 5) is 17.3. The number of hydrogen-bond acceptors (Lipinski definition) is 6. The van der Waals surface area contributed by atoms with Crippen molar-refractivity contribution >= 4 is 28.1 Å². The molecule has 0 bridgehead atoms. The zero-order valence-electron chi connectivity index (χ0n) is 18.8. The number of rotatable bonds is 5. The number of benzene rings is 1. The van der Waals surface area contributed by atoms with Crippen molar-refractivity contribution in [3.8, 4) is 0 Å². The third-order valence-corrected chi connectivity index (χ3v) is 6.54. The SMILES string of the molecule is CC(C)(O)c1cc2nn([C@H]3CC[C@H](CO)CC3)cc2cc1NC(=O)c1cnn2cccnc12. The Hall–Kier alpha value is -3.30. The summed E-state index contributed by atoms with van der Waals surface area (Å²) in [6.45, 7) is 3.62. The Balaban J connectivity index is 1.48. The van der Waals surface area contributed by atoms with Gasteiger partial charge in [-0.05, 0) is 63.6 Å². The molecule has 1 fully saturated rings. The molecule has 9 heteroatoms. The van der Waals surface area contributed by atoms with Gasteiger partial charge >= 0.3 is 0 Å². The molecule has 9 nitrogen and oxygen atoms in total. The van der Waals surface area contributed by atoms with E-state index in [0.717, 1.165) is 36.6 Å². The minimum atomic E-state index is -1.18. The smallest absolute Gasteiger partial charge is 0.261 e. The number of anilines is 1. The van der Waals surface area contributed by atoms with Crippen LogP contribution in [-0.4, -0.2) is 47.1 Å². The Kier molecular flexibility index (Phi) is 5.38. The first kappa shape index (κ1) is 21.5. The van der Waals surface area contributed by atoms with Crippen LogP contribution in [0.2, 0.25) is 0 Å². The summed E-state index contributed by atoms with van der Waals surface area (Å²) in [5.74, 6) is 0.0347. The molecule has 0 spiro atoms. The average molecular weight is 449 g/mol. The van der Waals surface area contributed by atoms with Gasteiger partial charge in [-0.25, -0.2) is 9.50 Å². The summed E-state index contributed by atoms with van der Waals surface area (Å²) in [5, 5.41) is 33.0. The van der Waals surface area contributed by atoms with Crippen molar-refractivity contribution in [3.05, 3.63) is 54.1 Å². The molecule has 3 N–H and O–H groups in total. The van der Waals surface area contributed by atoms with Crippen LogP contribution in [0.5, 0.6) is 0 Å². The van der Waals surface area contributed by atoms with E-state index in [2.05, 4.69) is 15.4 Å². The number of aromatic nitrogens is 5. The van der Waals surface area contributed by atoms with Gasteiger partial charge in [0, 0.05) is 41.8 Å². The van der Waals surface area contributed by atoms with Gasteiger partial charge in [-0.3, -0.25) is 9.48 Å². The summed E-state index contributed by atoms with van der Waals surface area (Å²) < 4.78 is 3.54. The van der Waals surface area contributed by atoms with Gasteiger partial charge in [0.05, 0.1) is 23.4 Å². The first-order valence-electron chi connectivity index (χ1n) is 11.3. The van der Waals surface area contributed by atoms with E-state index in [-0.39, 0.29) is 18.6 Å². The zero-order chi connectivity index (χ0) is 23.2. The van der Waals surface area contributed by atoms with E-state index in [1.807, 2.05) is 23.0 Å². The molecule has 3 aromatic heterocycles. The molecule has 1 aromatic carbocycles. The van der Waals surface area contributed by atoms with Crippen LogP contribution in [0.4, 0.5) is 5.69 Å². The number of carbonyl (C=O) groups excluding carboxylic acids is 1. The maximum atomic E-state index is 13.1. The van der Waals surface area contributed by atoms with Gasteiger partial charge < -0.3 is 15.5 Å². The fourth-order valence-electron chi connectivity index (χ4n) is 4.66. The number of nitrogens with one attached hydrogen (secondary N) is 1. The normalized spacial score (nSPS) is 19.3. The van der Waals surface area contributed by atoms with Crippen molar-refractivity contribution in [2.75, 3.05) is 11.9 Å². The molecule has 0 unspecified atom stereocenters. The largest absolute Gasteiger partial charge is 0.396 e. The number of hydrogen-bond donors (Lipinski definition) is 3. The standard InChI is InChI=1S/C24H28N6O3/c1-24(2,33)19-11-20-16(13-30(28-20)17-6-4-15(14-31)5-7-17)10-21(19)27-23(32)18-12-26-29-9-3-8-25-22(18)29/h3,8-13,15,17,31,33H,4-7,14H2,1-2H3,(H,27,32)/t15-,17-. The Morgan fingerprint density at radius 2 is 2.03 bits per heavy atom. The molecule has 1 amide bonds. The Labute approximate surface area is 191 Å². The van der Waals surface area contributed by atoms with Gasteiger partial charge in [0.25, 0.3) is 5.91 Å². The zero-order valence-corrected chi connectivity index (χ0v) is 18.8. The lowest BCUT2D eigenvalue weighted by atomic mass is 9.87. The summed E-state index contributed by atoms with van der Waals surface area (Å²) in [6, 6.07) is 5.74. The Morgan fingerprint density at radius 1 is 1.24 bits per heavy atom. The number of nitrogens with zero attached hydrogens (tertiary/aromatic N) is 5. The van der Waals surface area contributed by atoms with Crippen molar-refractivity contribution in [1.29, 1.82) is 0 Å². The molecule has 3 heterocycles. The van der Waals surface area contributed by atoms with Gasteiger partial charge in [-0.15, -0.1) is 0 Å². The molecule has 1 saturated carbocycles. The van der Waals surface area contributed by atoms with Crippen LogP contribution in [0.3, 0.4) is 0 Å². The van der Waals surface area contributed by atoms with Crippen molar-refractivity contribution in [2.24, 2.45) is 5.92 Å². The summed E-state index contributed by atoms with van der Waals surface area (Å²) in [5.41, 5.74) is 1.52. The van der Waals surface area contributed by atoms with Crippen molar-refractivity contribution in [3.63, 3.8) is 0 Å². The lowest BCUT2D eigenvalue weighted by Gasteiger charge is -2.27. The number of fused-ring (bicyclic) bond motifs is 2. The Morgan fingerprint density at radius 3 is 2.76 bits per heavy atom. The molecule has 1 aliphatic carbocycles. The maximum Gasteiger partial charge on any atom is 0.261 e. The monoisotopic (exact) mass is 448 g/mol. The minimum absolute atomic E-state index is 0.244. The highest BCUT2D eigenvalue weighted by Gasteiger charge is 2.26. The second-order valence-corrected chi connectivity index (χ2v) is 9.38. The van der Waals surface area contributed by atoms with E-state index in [0.29, 0.717) is 28.4 Å². The molecular formula is C24H28N6O3. The molecule has 0 atom stereocenters. The quantitative estimate of drug-likeness (QED) is 0.431. The van der Waals surface area contributed by atoms with E-state index < -0.39 is 5.60 Å². The van der Waals surface area contributed by atoms with Gasteiger partial charge in [-0.1, -0.05) is 0 Å². The summed E-state index contributed by atoms with van der Waals surface area (Å²) in [7, 11) is 0. The molecular weight excluding hydrogens is 420 g/mol. The molecule has 1 aliphatic rings. The Bertz CT molecular complexity index is 1310. The van der Waals surface area contributed by atoms with Gasteiger partial charge in [-0.2, -0.15) is 10.2 Å². The highest BCUT2D eigenvalue weighted by Crippen LogP contribution is 2.35. The van der Waals surface area contributed by atoms with Gasteiger partial charge in [0.1, 0.15) is 5.56 Å². The highest BCUT2D eigenvalue weighted by atomic mass is 16.3. The van der Waals surface area contributed by atoms with E-state index >= 15 is 0 Å². The predicted octanol–water partition coefficient (Wildman–Crippen LogP) is 3.28. The predicted molar refractivity (Wildman–Crippen MR) is 124 cm³/mol. The molecule has 172 valence electrons. The van der Waals surface area contributed by atoms with Crippen LogP contribution >= 0.6 is 0 Å². The van der Waals surface area contributed by atoms with Crippen molar-refractivity contribution in [1.82, 2.24) is 24.4 Å². The van der Waals surface area contributed by atoms with E-state index in [9.17, 15) is 15.0 Å². The highest BCUT2D eigenvalue weighted by molar-refractivity contribution is 6.09. The number of carbonyl (C=O) groups is 1. The topological polar surface area (TPSA) is 118 Å². The van der Waals surface area contributed by atoms with Crippen LogP contribution in [0, 0.1) is 5.92 Å². The average Bonchev–Trinajstić information content (AvgIpc) is 3.42. The van der Waals surface area contributed by atoms with Crippen LogP contribution in [-0.2, 0) is 5.60 Å². The lowest BCUT2D eigenvalue weighted by molar-refractivity contribution is 0.0794. The first-order valence-corrected chi connectivity index (χ1v) is 11.3. The van der Waals surface area contributed by atoms with Crippen LogP contribution in [0.1, 0.15) is 61.5 Å². The van der Waals surface area contributed by atoms with Gasteiger partial charge in [0.2, 0.25) is 0 Å². The molecule has 0 radical (unpaired) electrons. The van der Waals surface area contributed by atoms with Crippen LogP contribution < -0.4 is 5.32 Å². The van der Waals surface area contributed by atoms with Gasteiger partial charge in [0.15, 0.2) is 5.65 Å². The molecule has 4 aromatic rings. The first-order chi connectivity index (χ1) is 15.8. The number of aliphatic hydroxyl groups excluding tert-OH is 1. The van der Waals surface area contributed by atoms with Crippen molar-refractivity contribution in [2.45, 2.75) is 51.2 Å². The molecule has 5 rings (SSSR count). The minimum Gasteiger partial charge on any atom is -0.396 e. The maximum absolute atomic E-state index is 13.1. The van der Waals surface area contributed by atoms with Crippen LogP contribution in [0.15, 0.2) is 43.0 Å². The molecule has 0 saturated heterocycles. The number of amides is 1. The molecule has 33 heavy (non-hydrogen) atoms. The fourth-order valence-corrected chi connectivity index (χ4v) is 4.66. The van der Waals surface area contributed by atoms with E-state index in [4.69, 9.17) is 5.10 Å². The third kappa shape index (κ3) is 4.09. The second kappa shape index (κ2) is 8.24. The fraction of sp³-hybridized carbons (Fsp3) is 0.417. The van der Waals surface area contributed by atoms with E-state index in [1.54, 1.807) is 36.8 Å².